The van der Waals surface area contributed by atoms with Crippen molar-refractivity contribution in [3.8, 4) is 9.88 Å². The van der Waals surface area contributed by atoms with Crippen LogP contribution in [0, 0.1) is 5.92 Å². The average molecular weight is 331 g/mol. The van der Waals surface area contributed by atoms with E-state index in [9.17, 15) is 0 Å². The minimum Gasteiger partial charge on any atom is -0.312 e. The van der Waals surface area contributed by atoms with Gasteiger partial charge in [-0.05, 0) is 34.5 Å². The molecule has 0 atom stereocenters. The molecule has 2 nitrogen and oxygen atoms in total. The van der Waals surface area contributed by atoms with Gasteiger partial charge in [-0.15, -0.1) is 22.7 Å². The maximum absolute atomic E-state index is 4.47. The van der Waals surface area contributed by atoms with Gasteiger partial charge in [-0.25, -0.2) is 4.98 Å². The number of thiazole rings is 1. The summed E-state index contributed by atoms with van der Waals surface area (Å²) in [5, 5.41) is 6.64. The van der Waals surface area contributed by atoms with E-state index < -0.39 is 0 Å². The van der Waals surface area contributed by atoms with Gasteiger partial charge in [0, 0.05) is 27.5 Å². The van der Waals surface area contributed by atoms with Gasteiger partial charge < -0.3 is 5.32 Å². The number of aromatic nitrogens is 1. The maximum atomic E-state index is 4.47. The zero-order valence-electron chi connectivity index (χ0n) is 9.87. The van der Waals surface area contributed by atoms with E-state index in [1.54, 1.807) is 22.7 Å². The Hall–Kier alpha value is -0.230. The minimum absolute atomic E-state index is 0.690. The number of halogens is 1. The van der Waals surface area contributed by atoms with E-state index in [-0.39, 0.29) is 0 Å². The molecule has 2 aromatic rings. The molecule has 92 valence electrons. The topological polar surface area (TPSA) is 24.9 Å². The van der Waals surface area contributed by atoms with E-state index in [2.05, 4.69) is 51.5 Å². The van der Waals surface area contributed by atoms with E-state index in [1.807, 2.05) is 6.20 Å². The molecule has 17 heavy (non-hydrogen) atoms. The number of nitrogens with one attached hydrogen (secondary N) is 1. The Morgan fingerprint density at radius 3 is 2.94 bits per heavy atom. The molecule has 0 aromatic carbocycles. The third-order valence-electron chi connectivity index (χ3n) is 2.18. The fourth-order valence-corrected chi connectivity index (χ4v) is 3.79. The van der Waals surface area contributed by atoms with E-state index in [1.165, 1.54) is 9.75 Å². The van der Waals surface area contributed by atoms with Crippen LogP contribution in [0.25, 0.3) is 9.88 Å². The van der Waals surface area contributed by atoms with Crippen LogP contribution < -0.4 is 5.32 Å². The average Bonchev–Trinajstić information content (AvgIpc) is 2.86. The molecule has 5 heteroatoms. The van der Waals surface area contributed by atoms with Gasteiger partial charge in [0.25, 0.3) is 0 Å². The van der Waals surface area contributed by atoms with Crippen LogP contribution in [0.5, 0.6) is 0 Å². The van der Waals surface area contributed by atoms with Crippen LogP contribution in [0.3, 0.4) is 0 Å². The van der Waals surface area contributed by atoms with E-state index >= 15 is 0 Å². The van der Waals surface area contributed by atoms with Gasteiger partial charge >= 0.3 is 0 Å². The molecule has 0 aliphatic heterocycles. The van der Waals surface area contributed by atoms with Crippen molar-refractivity contribution in [2.24, 2.45) is 5.92 Å². The molecule has 1 N–H and O–H groups in total. The number of thiophene rings is 1. The van der Waals surface area contributed by atoms with Gasteiger partial charge in [-0.2, -0.15) is 0 Å². The largest absolute Gasteiger partial charge is 0.312 e. The lowest BCUT2D eigenvalue weighted by molar-refractivity contribution is 0.554. The summed E-state index contributed by atoms with van der Waals surface area (Å²) in [6.07, 6.45) is 1.97. The van der Waals surface area contributed by atoms with Crippen molar-refractivity contribution in [3.63, 3.8) is 0 Å². The molecular formula is C12H15BrN2S2. The fraction of sp³-hybridized carbons (Fsp3) is 0.417. The van der Waals surface area contributed by atoms with Gasteiger partial charge in [0.05, 0.1) is 4.88 Å². The highest BCUT2D eigenvalue weighted by Gasteiger charge is 2.07. The highest BCUT2D eigenvalue weighted by Crippen LogP contribution is 2.32. The minimum atomic E-state index is 0.690. The van der Waals surface area contributed by atoms with Crippen LogP contribution in [0.1, 0.15) is 18.7 Å². The number of hydrogen-bond acceptors (Lipinski definition) is 4. The monoisotopic (exact) mass is 330 g/mol. The van der Waals surface area contributed by atoms with Gasteiger partial charge in [-0.3, -0.25) is 0 Å². The molecule has 0 spiro atoms. The molecule has 2 rings (SSSR count). The second-order valence-electron chi connectivity index (χ2n) is 4.29. The molecule has 2 heterocycles. The maximum Gasteiger partial charge on any atom is 0.133 e. The molecule has 0 aliphatic rings. The van der Waals surface area contributed by atoms with E-state index in [0.717, 1.165) is 22.6 Å². The van der Waals surface area contributed by atoms with Crippen LogP contribution in [0.4, 0.5) is 0 Å². The summed E-state index contributed by atoms with van der Waals surface area (Å²) in [5.74, 6) is 0.690. The Morgan fingerprint density at radius 2 is 2.29 bits per heavy atom. The third-order valence-corrected chi connectivity index (χ3v) is 5.04. The summed E-state index contributed by atoms with van der Waals surface area (Å²) in [4.78, 5) is 7.00. The predicted octanol–water partition coefficient (Wildman–Crippen LogP) is 4.38. The van der Waals surface area contributed by atoms with Gasteiger partial charge in [0.15, 0.2) is 0 Å². The second-order valence-corrected chi connectivity index (χ2v) is 7.23. The Morgan fingerprint density at radius 1 is 1.47 bits per heavy atom. The first kappa shape index (κ1) is 13.2. The smallest absolute Gasteiger partial charge is 0.133 e. The second kappa shape index (κ2) is 6.09. The zero-order chi connectivity index (χ0) is 12.3. The third kappa shape index (κ3) is 3.88. The molecule has 0 aliphatic carbocycles. The normalized spacial score (nSPS) is 11.3. The summed E-state index contributed by atoms with van der Waals surface area (Å²) in [6.45, 7) is 6.41. The first-order valence-electron chi connectivity index (χ1n) is 5.55. The van der Waals surface area contributed by atoms with Crippen molar-refractivity contribution in [1.29, 1.82) is 0 Å². The Labute approximate surface area is 118 Å². The van der Waals surface area contributed by atoms with Crippen molar-refractivity contribution < 1.29 is 0 Å². The van der Waals surface area contributed by atoms with Crippen LogP contribution in [-0.2, 0) is 6.54 Å². The molecular weight excluding hydrogens is 316 g/mol. The van der Waals surface area contributed by atoms with Crippen LogP contribution in [0.15, 0.2) is 22.1 Å². The summed E-state index contributed by atoms with van der Waals surface area (Å²) in [6, 6.07) is 2.12. The lowest BCUT2D eigenvalue weighted by Crippen LogP contribution is -2.18. The number of hydrogen-bond donors (Lipinski definition) is 1. The Balaban J connectivity index is 1.96. The summed E-state index contributed by atoms with van der Waals surface area (Å²) in [7, 11) is 0. The summed E-state index contributed by atoms with van der Waals surface area (Å²) < 4.78 is 1.13. The van der Waals surface area contributed by atoms with Crippen molar-refractivity contribution >= 4 is 38.6 Å². The van der Waals surface area contributed by atoms with Crippen LogP contribution in [-0.4, -0.2) is 11.5 Å². The Kier molecular flexibility index (Phi) is 4.73. The molecule has 0 radical (unpaired) electrons. The zero-order valence-corrected chi connectivity index (χ0v) is 13.1. The molecule has 0 saturated carbocycles. The Bertz CT molecular complexity index is 476. The first-order valence-corrected chi connectivity index (χ1v) is 8.04. The van der Waals surface area contributed by atoms with Crippen molar-refractivity contribution in [2.45, 2.75) is 20.4 Å². The van der Waals surface area contributed by atoms with Gasteiger partial charge in [0.1, 0.15) is 5.01 Å². The molecule has 0 bridgehead atoms. The molecule has 2 aromatic heterocycles. The van der Waals surface area contributed by atoms with Crippen LogP contribution >= 0.6 is 38.6 Å². The van der Waals surface area contributed by atoms with Crippen molar-refractivity contribution in [3.05, 3.63) is 27.0 Å². The molecule has 0 fully saturated rings. The lowest BCUT2D eigenvalue weighted by atomic mass is 10.2. The highest BCUT2D eigenvalue weighted by atomic mass is 79.9. The predicted molar refractivity (Wildman–Crippen MR) is 79.7 cm³/mol. The first-order chi connectivity index (χ1) is 8.15. The van der Waals surface area contributed by atoms with Gasteiger partial charge in [-0.1, -0.05) is 13.8 Å². The standard InChI is InChI=1S/C12H15BrN2S2/c1-8(2)4-14-5-10-6-15-12(17-10)11-3-9(13)7-16-11/h3,6-8,14H,4-5H2,1-2H3. The molecule has 0 unspecified atom stereocenters. The number of nitrogens with zero attached hydrogens (tertiary/aromatic N) is 1. The highest BCUT2D eigenvalue weighted by molar-refractivity contribution is 9.10. The fourth-order valence-electron chi connectivity index (χ4n) is 1.41. The van der Waals surface area contributed by atoms with Crippen molar-refractivity contribution in [2.75, 3.05) is 6.54 Å². The van der Waals surface area contributed by atoms with Crippen LogP contribution in [0.2, 0.25) is 0 Å². The number of rotatable bonds is 5. The molecule has 0 amide bonds. The quantitative estimate of drug-likeness (QED) is 0.879. The lowest BCUT2D eigenvalue weighted by Gasteiger charge is -2.04. The van der Waals surface area contributed by atoms with E-state index in [4.69, 9.17) is 0 Å². The summed E-state index contributed by atoms with van der Waals surface area (Å²) >= 11 is 6.96. The van der Waals surface area contributed by atoms with E-state index in [0.29, 0.717) is 5.92 Å². The molecule has 0 saturated heterocycles. The summed E-state index contributed by atoms with van der Waals surface area (Å²) in [5.41, 5.74) is 0. The van der Waals surface area contributed by atoms with Crippen molar-refractivity contribution in [1.82, 2.24) is 10.3 Å². The SMILES string of the molecule is CC(C)CNCc1cnc(-c2cc(Br)cs2)s1. The van der Waals surface area contributed by atoms with Gasteiger partial charge in [0.2, 0.25) is 0 Å².